The van der Waals surface area contributed by atoms with Gasteiger partial charge in [-0.15, -0.1) is 0 Å². The quantitative estimate of drug-likeness (QED) is 0.905. The first-order valence-electron chi connectivity index (χ1n) is 6.16. The van der Waals surface area contributed by atoms with Gasteiger partial charge < -0.3 is 5.32 Å². The Labute approximate surface area is 129 Å². The predicted molar refractivity (Wildman–Crippen MR) is 75.9 cm³/mol. The summed E-state index contributed by atoms with van der Waals surface area (Å²) >= 11 is 5.53. The van der Waals surface area contributed by atoms with Crippen LogP contribution in [-0.4, -0.2) is 15.9 Å². The molecule has 4 nitrogen and oxygen atoms in total. The maximum Gasteiger partial charge on any atom is 0.417 e. The van der Waals surface area contributed by atoms with Crippen molar-refractivity contribution in [3.05, 3.63) is 52.1 Å². The summed E-state index contributed by atoms with van der Waals surface area (Å²) in [5, 5.41) is 1.97. The van der Waals surface area contributed by atoms with Crippen LogP contribution in [0.25, 0.3) is 0 Å². The van der Waals surface area contributed by atoms with E-state index in [4.69, 9.17) is 11.6 Å². The van der Waals surface area contributed by atoms with E-state index < -0.39 is 22.7 Å². The molecule has 0 saturated heterocycles. The summed E-state index contributed by atoms with van der Waals surface area (Å²) in [5.41, 5.74) is 0.0881. The summed E-state index contributed by atoms with van der Waals surface area (Å²) in [5.74, 6) is -0.578. The van der Waals surface area contributed by atoms with Crippen LogP contribution in [0.4, 0.5) is 18.9 Å². The molecule has 2 rings (SSSR count). The second-order valence-electron chi connectivity index (χ2n) is 4.57. The van der Waals surface area contributed by atoms with Gasteiger partial charge in [0.15, 0.2) is 0 Å². The van der Waals surface area contributed by atoms with Crippen LogP contribution in [0, 0.1) is 13.8 Å². The fraction of sp³-hybridized carbons (Fsp3) is 0.214. The van der Waals surface area contributed by atoms with Gasteiger partial charge in [0, 0.05) is 5.69 Å². The number of anilines is 1. The van der Waals surface area contributed by atoms with Gasteiger partial charge in [-0.2, -0.15) is 13.2 Å². The molecule has 2 aromatic rings. The summed E-state index contributed by atoms with van der Waals surface area (Å²) in [6.45, 7) is 3.24. The average molecular weight is 330 g/mol. The minimum Gasteiger partial charge on any atom is -0.322 e. The van der Waals surface area contributed by atoms with E-state index in [-0.39, 0.29) is 11.3 Å². The molecule has 0 spiro atoms. The van der Waals surface area contributed by atoms with Crippen molar-refractivity contribution in [2.45, 2.75) is 20.0 Å². The largest absolute Gasteiger partial charge is 0.417 e. The molecule has 1 aromatic heterocycles. The van der Waals surface area contributed by atoms with Crippen LogP contribution in [0.1, 0.15) is 27.3 Å². The van der Waals surface area contributed by atoms with Crippen molar-refractivity contribution >= 4 is 23.2 Å². The van der Waals surface area contributed by atoms with Crippen molar-refractivity contribution in [2.75, 3.05) is 5.32 Å². The lowest BCUT2D eigenvalue weighted by Crippen LogP contribution is -2.17. The minimum atomic E-state index is -4.60. The number of carbonyl (C=O) groups is 1. The minimum absolute atomic E-state index is 0.00984. The van der Waals surface area contributed by atoms with Gasteiger partial charge in [0.1, 0.15) is 6.33 Å². The van der Waals surface area contributed by atoms with Gasteiger partial charge in [-0.25, -0.2) is 9.97 Å². The van der Waals surface area contributed by atoms with Gasteiger partial charge in [0.05, 0.1) is 27.5 Å². The summed E-state index contributed by atoms with van der Waals surface area (Å²) in [4.78, 5) is 20.0. The normalized spacial score (nSPS) is 11.4. The molecule has 0 bridgehead atoms. The van der Waals surface area contributed by atoms with Crippen molar-refractivity contribution < 1.29 is 18.0 Å². The molecule has 1 heterocycles. The first-order chi connectivity index (χ1) is 10.2. The molecule has 0 unspecified atom stereocenters. The second-order valence-corrected chi connectivity index (χ2v) is 4.97. The van der Waals surface area contributed by atoms with Crippen LogP contribution >= 0.6 is 11.6 Å². The first-order valence-corrected chi connectivity index (χ1v) is 6.54. The highest BCUT2D eigenvalue weighted by atomic mass is 35.5. The highest BCUT2D eigenvalue weighted by Crippen LogP contribution is 2.36. The van der Waals surface area contributed by atoms with E-state index in [1.54, 1.807) is 13.8 Å². The fourth-order valence-corrected chi connectivity index (χ4v) is 2.16. The van der Waals surface area contributed by atoms with E-state index in [0.717, 1.165) is 12.1 Å². The van der Waals surface area contributed by atoms with Crippen LogP contribution in [0.3, 0.4) is 0 Å². The van der Waals surface area contributed by atoms with Gasteiger partial charge >= 0.3 is 6.18 Å². The Morgan fingerprint density at radius 1 is 1.18 bits per heavy atom. The fourth-order valence-electron chi connectivity index (χ4n) is 1.94. The van der Waals surface area contributed by atoms with Crippen molar-refractivity contribution in [1.82, 2.24) is 9.97 Å². The molecule has 1 aromatic carbocycles. The van der Waals surface area contributed by atoms with Gasteiger partial charge in [-0.3, -0.25) is 4.79 Å². The molecule has 0 aliphatic carbocycles. The van der Waals surface area contributed by atoms with E-state index in [1.165, 1.54) is 12.4 Å². The third-order valence-corrected chi connectivity index (χ3v) is 3.31. The van der Waals surface area contributed by atoms with Gasteiger partial charge in [-0.05, 0) is 32.0 Å². The summed E-state index contributed by atoms with van der Waals surface area (Å²) in [7, 11) is 0. The number of benzene rings is 1. The Balaban J connectivity index is 2.34. The SMILES string of the molecule is Cc1ncnc(C)c1C(=O)Nc1ccc(Cl)c(C(F)(F)F)c1. The Morgan fingerprint density at radius 3 is 2.32 bits per heavy atom. The molecule has 8 heteroatoms. The maximum atomic E-state index is 12.8. The number of aryl methyl sites for hydroxylation is 2. The second kappa shape index (κ2) is 5.92. The van der Waals surface area contributed by atoms with Crippen LogP contribution in [-0.2, 0) is 6.18 Å². The van der Waals surface area contributed by atoms with Crippen molar-refractivity contribution in [1.29, 1.82) is 0 Å². The topological polar surface area (TPSA) is 54.9 Å². The number of hydrogen-bond donors (Lipinski definition) is 1. The van der Waals surface area contributed by atoms with Crippen molar-refractivity contribution in [3.63, 3.8) is 0 Å². The van der Waals surface area contributed by atoms with Gasteiger partial charge in [0.25, 0.3) is 5.91 Å². The molecule has 0 radical (unpaired) electrons. The average Bonchev–Trinajstić information content (AvgIpc) is 2.39. The highest BCUT2D eigenvalue weighted by molar-refractivity contribution is 6.31. The van der Waals surface area contributed by atoms with Gasteiger partial charge in [0.2, 0.25) is 0 Å². The molecular formula is C14H11ClF3N3O. The Hall–Kier alpha value is -2.15. The summed E-state index contributed by atoms with van der Waals surface area (Å²) in [6, 6.07) is 3.17. The van der Waals surface area contributed by atoms with Crippen LogP contribution in [0.2, 0.25) is 5.02 Å². The predicted octanol–water partition coefficient (Wildman–Crippen LogP) is 4.02. The molecule has 0 atom stereocenters. The van der Waals surface area contributed by atoms with Crippen LogP contribution in [0.15, 0.2) is 24.5 Å². The zero-order valence-electron chi connectivity index (χ0n) is 11.6. The maximum absolute atomic E-state index is 12.8. The number of rotatable bonds is 2. The number of nitrogens with one attached hydrogen (secondary N) is 1. The number of carbonyl (C=O) groups excluding carboxylic acids is 1. The monoisotopic (exact) mass is 329 g/mol. The Kier molecular flexibility index (Phi) is 4.37. The molecule has 22 heavy (non-hydrogen) atoms. The third-order valence-electron chi connectivity index (χ3n) is 2.98. The van der Waals surface area contributed by atoms with Crippen LogP contribution in [0.5, 0.6) is 0 Å². The molecule has 0 saturated carbocycles. The van der Waals surface area contributed by atoms with E-state index in [1.807, 2.05) is 0 Å². The zero-order valence-corrected chi connectivity index (χ0v) is 12.4. The smallest absolute Gasteiger partial charge is 0.322 e. The number of aromatic nitrogens is 2. The number of nitrogens with zero attached hydrogens (tertiary/aromatic N) is 2. The molecule has 0 aliphatic rings. The lowest BCUT2D eigenvalue weighted by atomic mass is 10.1. The van der Waals surface area contributed by atoms with Gasteiger partial charge in [-0.1, -0.05) is 11.6 Å². The number of halogens is 4. The molecule has 0 fully saturated rings. The molecule has 0 aliphatic heterocycles. The molecule has 1 N–H and O–H groups in total. The Bertz CT molecular complexity index is 712. The van der Waals surface area contributed by atoms with E-state index in [9.17, 15) is 18.0 Å². The summed E-state index contributed by atoms with van der Waals surface area (Å²) < 4.78 is 38.4. The molecular weight excluding hydrogens is 319 g/mol. The van der Waals surface area contributed by atoms with Crippen molar-refractivity contribution in [3.8, 4) is 0 Å². The zero-order chi connectivity index (χ0) is 16.5. The Morgan fingerprint density at radius 2 is 1.77 bits per heavy atom. The van der Waals surface area contributed by atoms with Crippen LogP contribution < -0.4 is 5.32 Å². The molecule has 116 valence electrons. The first kappa shape index (κ1) is 16.2. The summed E-state index contributed by atoms with van der Waals surface area (Å²) in [6.07, 6.45) is -3.29. The highest BCUT2D eigenvalue weighted by Gasteiger charge is 2.33. The molecule has 1 amide bonds. The number of alkyl halides is 3. The lowest BCUT2D eigenvalue weighted by molar-refractivity contribution is -0.137. The van der Waals surface area contributed by atoms with E-state index in [0.29, 0.717) is 11.4 Å². The third kappa shape index (κ3) is 3.36. The number of hydrogen-bond acceptors (Lipinski definition) is 3. The van der Waals surface area contributed by atoms with Crippen molar-refractivity contribution in [2.24, 2.45) is 0 Å². The lowest BCUT2D eigenvalue weighted by Gasteiger charge is -2.13. The van der Waals surface area contributed by atoms with E-state index >= 15 is 0 Å². The number of amides is 1. The standard InChI is InChI=1S/C14H11ClF3N3O/c1-7-12(8(2)20-6-19-7)13(22)21-9-3-4-11(15)10(5-9)14(16,17)18/h3-6H,1-2H3,(H,21,22). The van der Waals surface area contributed by atoms with E-state index in [2.05, 4.69) is 15.3 Å².